The largest absolute Gasteiger partial charge is 0.389 e. The van der Waals surface area contributed by atoms with Gasteiger partial charge in [0.25, 0.3) is 0 Å². The Morgan fingerprint density at radius 1 is 1.31 bits per heavy atom. The van der Waals surface area contributed by atoms with Gasteiger partial charge < -0.3 is 15.3 Å². The summed E-state index contributed by atoms with van der Waals surface area (Å²) in [5, 5.41) is 13.0. The van der Waals surface area contributed by atoms with Gasteiger partial charge in [0.15, 0.2) is 0 Å². The molecule has 0 aromatic heterocycles. The van der Waals surface area contributed by atoms with E-state index in [0.29, 0.717) is 0 Å². The zero-order valence-corrected chi connectivity index (χ0v) is 11.6. The minimum atomic E-state index is -0.871. The summed E-state index contributed by atoms with van der Waals surface area (Å²) >= 11 is 0. The first kappa shape index (κ1) is 15.4. The van der Waals surface area contributed by atoms with Gasteiger partial charge in [-0.3, -0.25) is 4.79 Å². The van der Waals surface area contributed by atoms with E-state index in [1.807, 2.05) is 27.7 Å². The third-order valence-corrected chi connectivity index (χ3v) is 3.38. The molecule has 2 N–H and O–H groups in total. The van der Waals surface area contributed by atoms with Crippen LogP contribution < -0.4 is 5.32 Å². The normalized spacial score (nSPS) is 13.1. The molecular weight excluding hydrogens is 204 g/mol. The van der Waals surface area contributed by atoms with Crippen LogP contribution in [0.3, 0.4) is 0 Å². The van der Waals surface area contributed by atoms with Gasteiger partial charge in [-0.2, -0.15) is 0 Å². The summed E-state index contributed by atoms with van der Waals surface area (Å²) in [6.07, 6.45) is 0. The van der Waals surface area contributed by atoms with E-state index in [1.54, 1.807) is 25.8 Å². The van der Waals surface area contributed by atoms with Crippen LogP contribution in [0.2, 0.25) is 0 Å². The van der Waals surface area contributed by atoms with Crippen molar-refractivity contribution in [3.8, 4) is 0 Å². The van der Waals surface area contributed by atoms with Crippen molar-refractivity contribution in [3.05, 3.63) is 0 Å². The molecule has 1 amide bonds. The minimum absolute atomic E-state index is 0.0346. The summed E-state index contributed by atoms with van der Waals surface area (Å²) in [6, 6.07) is 0.194. The second-order valence-electron chi connectivity index (χ2n) is 5.64. The second-order valence-corrected chi connectivity index (χ2v) is 5.64. The molecule has 0 aliphatic heterocycles. The number of amides is 1. The van der Waals surface area contributed by atoms with E-state index in [9.17, 15) is 9.90 Å². The molecule has 0 heterocycles. The van der Waals surface area contributed by atoms with Gasteiger partial charge in [-0.25, -0.2) is 0 Å². The molecule has 0 radical (unpaired) electrons. The number of carbonyl (C=O) groups is 1. The molecule has 4 heteroatoms. The quantitative estimate of drug-likeness (QED) is 0.740. The Morgan fingerprint density at radius 3 is 2.06 bits per heavy atom. The third-order valence-electron chi connectivity index (χ3n) is 3.38. The molecule has 0 saturated heterocycles. The predicted octanol–water partition coefficient (Wildman–Crippen LogP) is 0.992. The highest BCUT2D eigenvalue weighted by molar-refractivity contribution is 5.78. The van der Waals surface area contributed by atoms with Crippen LogP contribution in [0.25, 0.3) is 0 Å². The molecule has 0 aliphatic rings. The van der Waals surface area contributed by atoms with Crippen molar-refractivity contribution in [2.45, 2.75) is 58.7 Å². The lowest BCUT2D eigenvalue weighted by Gasteiger charge is -2.38. The Morgan fingerprint density at radius 2 is 1.75 bits per heavy atom. The summed E-state index contributed by atoms with van der Waals surface area (Å²) < 4.78 is 0. The molecule has 0 bridgehead atoms. The molecule has 0 atom stereocenters. The fourth-order valence-corrected chi connectivity index (χ4v) is 0.926. The van der Waals surface area contributed by atoms with Crippen LogP contribution in [0.15, 0.2) is 0 Å². The van der Waals surface area contributed by atoms with Gasteiger partial charge in [-0.15, -0.1) is 0 Å². The van der Waals surface area contributed by atoms with E-state index < -0.39 is 11.1 Å². The van der Waals surface area contributed by atoms with Crippen molar-refractivity contribution in [2.75, 3.05) is 13.6 Å². The highest BCUT2D eigenvalue weighted by atomic mass is 16.3. The van der Waals surface area contributed by atoms with Gasteiger partial charge in [0.2, 0.25) is 5.91 Å². The van der Waals surface area contributed by atoms with Crippen LogP contribution in [0, 0.1) is 0 Å². The molecule has 0 spiro atoms. The molecule has 0 saturated carbocycles. The molecule has 0 aromatic rings. The first-order valence-corrected chi connectivity index (χ1v) is 5.72. The monoisotopic (exact) mass is 230 g/mol. The number of carbonyl (C=O) groups excluding carboxylic acids is 1. The fourth-order valence-electron chi connectivity index (χ4n) is 0.926. The maximum atomic E-state index is 11.7. The van der Waals surface area contributed by atoms with Crippen LogP contribution in [0.5, 0.6) is 0 Å². The Bertz CT molecular complexity index is 242. The van der Waals surface area contributed by atoms with Crippen LogP contribution in [-0.2, 0) is 4.79 Å². The van der Waals surface area contributed by atoms with E-state index in [-0.39, 0.29) is 18.5 Å². The molecule has 96 valence electrons. The lowest BCUT2D eigenvalue weighted by molar-refractivity contribution is -0.131. The fraction of sp³-hybridized carbons (Fsp3) is 0.917. The van der Waals surface area contributed by atoms with E-state index in [4.69, 9.17) is 0 Å². The lowest BCUT2D eigenvalue weighted by atomic mass is 9.86. The van der Waals surface area contributed by atoms with Crippen LogP contribution in [0.4, 0.5) is 0 Å². The Labute approximate surface area is 99.0 Å². The molecular formula is C12H26N2O2. The molecule has 0 fully saturated rings. The Balaban J connectivity index is 4.31. The van der Waals surface area contributed by atoms with Crippen LogP contribution in [0.1, 0.15) is 41.5 Å². The lowest BCUT2D eigenvalue weighted by Crippen LogP contribution is -2.58. The maximum absolute atomic E-state index is 11.7. The van der Waals surface area contributed by atoms with Gasteiger partial charge in [0.05, 0.1) is 12.1 Å². The molecule has 0 rings (SSSR count). The molecule has 0 aliphatic carbocycles. The smallest absolute Gasteiger partial charge is 0.236 e. The van der Waals surface area contributed by atoms with Crippen molar-refractivity contribution >= 4 is 5.91 Å². The van der Waals surface area contributed by atoms with Gasteiger partial charge >= 0.3 is 0 Å². The standard InChI is InChI=1S/C12H26N2O2/c1-9(2)14(7)10(15)8-13-11(3,4)12(5,6)16/h9,13,16H,8H2,1-7H3. The highest BCUT2D eigenvalue weighted by Gasteiger charge is 2.35. The Hall–Kier alpha value is -0.610. The van der Waals surface area contributed by atoms with Crippen LogP contribution in [-0.4, -0.2) is 46.7 Å². The number of hydrogen-bond donors (Lipinski definition) is 2. The molecule has 4 nitrogen and oxygen atoms in total. The first-order valence-electron chi connectivity index (χ1n) is 5.72. The van der Waals surface area contributed by atoms with E-state index in [2.05, 4.69) is 5.32 Å². The summed E-state index contributed by atoms with van der Waals surface area (Å²) in [4.78, 5) is 13.4. The molecule has 0 unspecified atom stereocenters. The predicted molar refractivity (Wildman–Crippen MR) is 66.3 cm³/mol. The number of hydrogen-bond acceptors (Lipinski definition) is 3. The molecule has 16 heavy (non-hydrogen) atoms. The number of aliphatic hydroxyl groups is 1. The first-order chi connectivity index (χ1) is 6.99. The van der Waals surface area contributed by atoms with Crippen molar-refractivity contribution in [1.82, 2.24) is 10.2 Å². The van der Waals surface area contributed by atoms with Crippen LogP contribution >= 0.6 is 0 Å². The average molecular weight is 230 g/mol. The zero-order chi connectivity index (χ0) is 13.1. The summed E-state index contributed by atoms with van der Waals surface area (Å²) in [7, 11) is 1.78. The average Bonchev–Trinajstić information content (AvgIpc) is 2.11. The topological polar surface area (TPSA) is 52.6 Å². The number of nitrogens with zero attached hydrogens (tertiary/aromatic N) is 1. The number of nitrogens with one attached hydrogen (secondary N) is 1. The summed E-state index contributed by atoms with van der Waals surface area (Å²) in [5.74, 6) is 0.0346. The summed E-state index contributed by atoms with van der Waals surface area (Å²) in [6.45, 7) is 11.4. The van der Waals surface area contributed by atoms with Crippen molar-refractivity contribution < 1.29 is 9.90 Å². The van der Waals surface area contributed by atoms with Gasteiger partial charge in [-0.05, 0) is 41.5 Å². The van der Waals surface area contributed by atoms with Gasteiger partial charge in [0.1, 0.15) is 0 Å². The maximum Gasteiger partial charge on any atom is 0.236 e. The SMILES string of the molecule is CC(C)N(C)C(=O)CNC(C)(C)C(C)(C)O. The third kappa shape index (κ3) is 4.10. The van der Waals surface area contributed by atoms with E-state index >= 15 is 0 Å². The summed E-state index contributed by atoms with van der Waals surface area (Å²) in [5.41, 5.74) is -1.37. The van der Waals surface area contributed by atoms with Crippen molar-refractivity contribution in [1.29, 1.82) is 0 Å². The van der Waals surface area contributed by atoms with E-state index in [0.717, 1.165) is 0 Å². The molecule has 0 aromatic carbocycles. The Kier molecular flexibility index (Phi) is 4.95. The number of likely N-dealkylation sites (N-methyl/N-ethyl adjacent to an activating group) is 1. The van der Waals surface area contributed by atoms with Gasteiger partial charge in [0, 0.05) is 18.6 Å². The number of rotatable bonds is 5. The minimum Gasteiger partial charge on any atom is -0.389 e. The zero-order valence-electron chi connectivity index (χ0n) is 11.6. The second kappa shape index (κ2) is 5.15. The highest BCUT2D eigenvalue weighted by Crippen LogP contribution is 2.20. The van der Waals surface area contributed by atoms with E-state index in [1.165, 1.54) is 0 Å². The van der Waals surface area contributed by atoms with Gasteiger partial charge in [-0.1, -0.05) is 0 Å². The van der Waals surface area contributed by atoms with Crippen molar-refractivity contribution in [2.24, 2.45) is 0 Å². The van der Waals surface area contributed by atoms with Crippen molar-refractivity contribution in [3.63, 3.8) is 0 Å².